The minimum absolute atomic E-state index is 0.220. The maximum atomic E-state index is 12.5. The number of primary amides is 1. The van der Waals surface area contributed by atoms with Crippen LogP contribution in [-0.4, -0.2) is 37.5 Å². The van der Waals surface area contributed by atoms with Crippen LogP contribution in [0.2, 0.25) is 0 Å². The van der Waals surface area contributed by atoms with Crippen LogP contribution in [0.25, 0.3) is 0 Å². The average molecular weight is 413 g/mol. The lowest BCUT2D eigenvalue weighted by molar-refractivity contribution is -0.117. The van der Waals surface area contributed by atoms with E-state index in [1.165, 1.54) is 0 Å². The van der Waals surface area contributed by atoms with Crippen LogP contribution in [0.5, 0.6) is 11.5 Å². The van der Waals surface area contributed by atoms with Crippen LogP contribution in [-0.2, 0) is 11.3 Å². The summed E-state index contributed by atoms with van der Waals surface area (Å²) in [6.07, 6.45) is 0.874. The van der Waals surface area contributed by atoms with Crippen molar-refractivity contribution in [1.82, 2.24) is 10.6 Å². The summed E-state index contributed by atoms with van der Waals surface area (Å²) < 4.78 is 11.2. The van der Waals surface area contributed by atoms with Crippen LogP contribution in [0.1, 0.15) is 46.5 Å². The molecule has 0 aliphatic rings. The molecule has 2 aromatic carbocycles. The Hall–Kier alpha value is -3.55. The van der Waals surface area contributed by atoms with Gasteiger partial charge in [-0.3, -0.25) is 14.4 Å². The van der Waals surface area contributed by atoms with Crippen molar-refractivity contribution in [3.8, 4) is 11.5 Å². The Kier molecular flexibility index (Phi) is 8.68. The molecule has 8 heteroatoms. The SMILES string of the molecule is CCCOc1ccc(C(=O)NCc2ccc(C(=O)NCC(N)=O)cc2)cc1OCC. The number of carbonyl (C=O) groups excluding carboxylic acids is 3. The van der Waals surface area contributed by atoms with Crippen molar-refractivity contribution in [2.45, 2.75) is 26.8 Å². The number of nitrogens with two attached hydrogens (primary N) is 1. The first kappa shape index (κ1) is 22.7. The summed E-state index contributed by atoms with van der Waals surface area (Å²) in [5, 5.41) is 5.26. The summed E-state index contributed by atoms with van der Waals surface area (Å²) in [6, 6.07) is 11.8. The molecule has 3 amide bonds. The highest BCUT2D eigenvalue weighted by molar-refractivity contribution is 5.96. The number of hydrogen-bond donors (Lipinski definition) is 3. The number of amides is 3. The van der Waals surface area contributed by atoms with Crippen molar-refractivity contribution >= 4 is 17.7 Å². The lowest BCUT2D eigenvalue weighted by Gasteiger charge is -2.13. The normalized spacial score (nSPS) is 10.2. The summed E-state index contributed by atoms with van der Waals surface area (Å²) in [5.41, 5.74) is 6.69. The van der Waals surface area contributed by atoms with E-state index in [0.717, 1.165) is 12.0 Å². The molecule has 0 saturated carbocycles. The van der Waals surface area contributed by atoms with Crippen LogP contribution in [0.4, 0.5) is 0 Å². The lowest BCUT2D eigenvalue weighted by Crippen LogP contribution is -2.33. The predicted molar refractivity (Wildman–Crippen MR) is 113 cm³/mol. The third-order valence-electron chi connectivity index (χ3n) is 4.06. The maximum Gasteiger partial charge on any atom is 0.251 e. The molecule has 0 fully saturated rings. The highest BCUT2D eigenvalue weighted by atomic mass is 16.5. The fraction of sp³-hybridized carbons (Fsp3) is 0.318. The number of nitrogens with one attached hydrogen (secondary N) is 2. The van der Waals surface area contributed by atoms with Crippen LogP contribution in [0.3, 0.4) is 0 Å². The first-order valence-electron chi connectivity index (χ1n) is 9.77. The third kappa shape index (κ3) is 6.80. The molecule has 2 rings (SSSR count). The number of hydrogen-bond acceptors (Lipinski definition) is 5. The average Bonchev–Trinajstić information content (AvgIpc) is 2.75. The Morgan fingerprint density at radius 2 is 1.53 bits per heavy atom. The Balaban J connectivity index is 1.97. The highest BCUT2D eigenvalue weighted by Crippen LogP contribution is 2.28. The van der Waals surface area contributed by atoms with Crippen molar-refractivity contribution in [2.24, 2.45) is 5.73 Å². The third-order valence-corrected chi connectivity index (χ3v) is 4.06. The quantitative estimate of drug-likeness (QED) is 0.521. The number of benzene rings is 2. The van der Waals surface area contributed by atoms with E-state index in [0.29, 0.717) is 42.4 Å². The topological polar surface area (TPSA) is 120 Å². The fourth-order valence-electron chi connectivity index (χ4n) is 2.58. The van der Waals surface area contributed by atoms with E-state index in [1.807, 2.05) is 13.8 Å². The van der Waals surface area contributed by atoms with Crippen LogP contribution in [0, 0.1) is 0 Å². The summed E-state index contributed by atoms with van der Waals surface area (Å²) in [4.78, 5) is 35.1. The first-order chi connectivity index (χ1) is 14.4. The molecule has 30 heavy (non-hydrogen) atoms. The Labute approximate surface area is 175 Å². The minimum atomic E-state index is -0.611. The van der Waals surface area contributed by atoms with E-state index in [1.54, 1.807) is 42.5 Å². The molecule has 0 aliphatic carbocycles. The Bertz CT molecular complexity index is 881. The molecular formula is C22H27N3O5. The number of carbonyl (C=O) groups is 3. The molecular weight excluding hydrogens is 386 g/mol. The standard InChI is InChI=1S/C22H27N3O5/c1-3-11-30-18-10-9-17(12-19(18)29-4-2)22(28)24-13-15-5-7-16(8-6-15)21(27)25-14-20(23)26/h5-10,12H,3-4,11,13-14H2,1-2H3,(H2,23,26)(H,24,28)(H,25,27). The largest absolute Gasteiger partial charge is 0.490 e. The van der Waals surface area contributed by atoms with Crippen molar-refractivity contribution in [3.63, 3.8) is 0 Å². The van der Waals surface area contributed by atoms with Gasteiger partial charge in [0.1, 0.15) is 0 Å². The number of ether oxygens (including phenoxy) is 2. The summed E-state index contributed by atoms with van der Waals surface area (Å²) in [6.45, 7) is 4.99. The molecule has 0 heterocycles. The summed E-state index contributed by atoms with van der Waals surface area (Å²) in [5.74, 6) is -0.106. The van der Waals surface area contributed by atoms with Gasteiger partial charge in [0.15, 0.2) is 11.5 Å². The van der Waals surface area contributed by atoms with Crippen LogP contribution in [0.15, 0.2) is 42.5 Å². The van der Waals surface area contributed by atoms with E-state index in [9.17, 15) is 14.4 Å². The predicted octanol–water partition coefficient (Wildman–Crippen LogP) is 2.02. The molecule has 4 N–H and O–H groups in total. The van der Waals surface area contributed by atoms with Gasteiger partial charge in [0.25, 0.3) is 11.8 Å². The summed E-state index contributed by atoms with van der Waals surface area (Å²) >= 11 is 0. The fourth-order valence-corrected chi connectivity index (χ4v) is 2.58. The molecule has 2 aromatic rings. The van der Waals surface area contributed by atoms with Crippen molar-refractivity contribution in [1.29, 1.82) is 0 Å². The zero-order valence-corrected chi connectivity index (χ0v) is 17.2. The first-order valence-corrected chi connectivity index (χ1v) is 9.77. The summed E-state index contributed by atoms with van der Waals surface area (Å²) in [7, 11) is 0. The van der Waals surface area contributed by atoms with E-state index < -0.39 is 11.8 Å². The van der Waals surface area contributed by atoms with Gasteiger partial charge >= 0.3 is 0 Å². The number of rotatable bonds is 11. The Morgan fingerprint density at radius 3 is 2.17 bits per heavy atom. The minimum Gasteiger partial charge on any atom is -0.490 e. The molecule has 160 valence electrons. The van der Waals surface area contributed by atoms with E-state index in [2.05, 4.69) is 10.6 Å². The van der Waals surface area contributed by atoms with Gasteiger partial charge in [-0.25, -0.2) is 0 Å². The molecule has 8 nitrogen and oxygen atoms in total. The van der Waals surface area contributed by atoms with E-state index in [-0.39, 0.29) is 12.5 Å². The van der Waals surface area contributed by atoms with Crippen molar-refractivity contribution in [3.05, 3.63) is 59.2 Å². The van der Waals surface area contributed by atoms with Crippen molar-refractivity contribution in [2.75, 3.05) is 19.8 Å². The van der Waals surface area contributed by atoms with E-state index >= 15 is 0 Å². The smallest absolute Gasteiger partial charge is 0.251 e. The Morgan fingerprint density at radius 1 is 0.867 bits per heavy atom. The molecule has 0 saturated heterocycles. The second-order valence-electron chi connectivity index (χ2n) is 6.47. The second kappa shape index (κ2) is 11.5. The molecule has 0 aliphatic heterocycles. The monoisotopic (exact) mass is 413 g/mol. The molecule has 0 bridgehead atoms. The highest BCUT2D eigenvalue weighted by Gasteiger charge is 2.12. The lowest BCUT2D eigenvalue weighted by atomic mass is 10.1. The molecule has 0 atom stereocenters. The second-order valence-corrected chi connectivity index (χ2v) is 6.47. The van der Waals surface area contributed by atoms with Gasteiger partial charge in [-0.2, -0.15) is 0 Å². The molecule has 0 radical (unpaired) electrons. The van der Waals surface area contributed by atoms with Crippen LogP contribution < -0.4 is 25.8 Å². The zero-order chi connectivity index (χ0) is 21.9. The van der Waals surface area contributed by atoms with Gasteiger partial charge < -0.3 is 25.8 Å². The van der Waals surface area contributed by atoms with Crippen molar-refractivity contribution < 1.29 is 23.9 Å². The van der Waals surface area contributed by atoms with Gasteiger partial charge in [0.05, 0.1) is 19.8 Å². The van der Waals surface area contributed by atoms with Gasteiger partial charge in [-0.1, -0.05) is 19.1 Å². The van der Waals surface area contributed by atoms with Gasteiger partial charge in [0, 0.05) is 17.7 Å². The molecule has 0 unspecified atom stereocenters. The van der Waals surface area contributed by atoms with Gasteiger partial charge in [-0.05, 0) is 49.2 Å². The molecule has 0 spiro atoms. The molecule has 0 aromatic heterocycles. The van der Waals surface area contributed by atoms with Gasteiger partial charge in [0.2, 0.25) is 5.91 Å². The van der Waals surface area contributed by atoms with Gasteiger partial charge in [-0.15, -0.1) is 0 Å². The zero-order valence-electron chi connectivity index (χ0n) is 17.2. The maximum absolute atomic E-state index is 12.5. The van der Waals surface area contributed by atoms with E-state index in [4.69, 9.17) is 15.2 Å². The van der Waals surface area contributed by atoms with Crippen LogP contribution >= 0.6 is 0 Å².